The summed E-state index contributed by atoms with van der Waals surface area (Å²) in [4.78, 5) is 14.0. The van der Waals surface area contributed by atoms with E-state index in [0.717, 1.165) is 37.6 Å². The van der Waals surface area contributed by atoms with Crippen molar-refractivity contribution in [1.82, 2.24) is 19.8 Å². The standard InChI is InChI=1S/C19H30N4O2S/c1-2-22-8-9-23(18-14-26(24,25)13-17(18)22)12-15-10-20-19(21-11-15)16-6-4-3-5-7-16/h10-11,16-18H,2-9,12-14H2,1H3/t17-,18+/m0/s1. The van der Waals surface area contributed by atoms with Crippen LogP contribution in [0, 0.1) is 0 Å². The maximum Gasteiger partial charge on any atom is 0.153 e. The lowest BCUT2D eigenvalue weighted by Crippen LogP contribution is -2.58. The first-order valence-electron chi connectivity index (χ1n) is 10.0. The van der Waals surface area contributed by atoms with Gasteiger partial charge in [-0.15, -0.1) is 0 Å². The maximum absolute atomic E-state index is 12.2. The Hall–Kier alpha value is -1.05. The molecule has 0 spiro atoms. The van der Waals surface area contributed by atoms with Gasteiger partial charge in [0.2, 0.25) is 0 Å². The summed E-state index contributed by atoms with van der Waals surface area (Å²) >= 11 is 0. The van der Waals surface area contributed by atoms with Crippen LogP contribution >= 0.6 is 0 Å². The van der Waals surface area contributed by atoms with Crippen molar-refractivity contribution in [3.05, 3.63) is 23.8 Å². The molecule has 6 nitrogen and oxygen atoms in total. The third kappa shape index (κ3) is 3.80. The smallest absolute Gasteiger partial charge is 0.153 e. The molecule has 0 unspecified atom stereocenters. The Morgan fingerprint density at radius 3 is 2.27 bits per heavy atom. The lowest BCUT2D eigenvalue weighted by atomic mass is 9.89. The number of hydrogen-bond acceptors (Lipinski definition) is 6. The molecule has 26 heavy (non-hydrogen) atoms. The highest BCUT2D eigenvalue weighted by atomic mass is 32.2. The number of nitrogens with zero attached hydrogens (tertiary/aromatic N) is 4. The number of likely N-dealkylation sites (N-methyl/N-ethyl adjacent to an activating group) is 1. The molecule has 0 bridgehead atoms. The van der Waals surface area contributed by atoms with Crippen molar-refractivity contribution in [2.75, 3.05) is 31.1 Å². The van der Waals surface area contributed by atoms with Gasteiger partial charge in [-0.25, -0.2) is 18.4 Å². The first-order valence-corrected chi connectivity index (χ1v) is 11.9. The van der Waals surface area contributed by atoms with Crippen LogP contribution in [0.3, 0.4) is 0 Å². The van der Waals surface area contributed by atoms with Crippen LogP contribution in [0.4, 0.5) is 0 Å². The molecular weight excluding hydrogens is 348 g/mol. The second-order valence-electron chi connectivity index (χ2n) is 8.10. The minimum atomic E-state index is -2.93. The van der Waals surface area contributed by atoms with Gasteiger partial charge in [0.15, 0.2) is 9.84 Å². The molecule has 3 aliphatic rings. The summed E-state index contributed by atoms with van der Waals surface area (Å²) in [6.45, 7) is 5.64. The monoisotopic (exact) mass is 378 g/mol. The number of piperazine rings is 1. The van der Waals surface area contributed by atoms with E-state index in [2.05, 4.69) is 26.7 Å². The van der Waals surface area contributed by atoms with E-state index in [-0.39, 0.29) is 17.8 Å². The van der Waals surface area contributed by atoms with Gasteiger partial charge in [-0.1, -0.05) is 26.2 Å². The highest BCUT2D eigenvalue weighted by Crippen LogP contribution is 2.31. The molecular formula is C19H30N4O2S. The Morgan fingerprint density at radius 2 is 1.62 bits per heavy atom. The van der Waals surface area contributed by atoms with Gasteiger partial charge in [-0.2, -0.15) is 0 Å². The van der Waals surface area contributed by atoms with Gasteiger partial charge in [0.1, 0.15) is 5.82 Å². The van der Waals surface area contributed by atoms with E-state index in [9.17, 15) is 8.42 Å². The van der Waals surface area contributed by atoms with Crippen LogP contribution in [0.5, 0.6) is 0 Å². The summed E-state index contributed by atoms with van der Waals surface area (Å²) < 4.78 is 24.4. The third-order valence-corrected chi connectivity index (χ3v) is 8.09. The van der Waals surface area contributed by atoms with Crippen molar-refractivity contribution >= 4 is 9.84 Å². The molecule has 1 aromatic heterocycles. The molecule has 144 valence electrons. The fourth-order valence-electron chi connectivity index (χ4n) is 4.94. The topological polar surface area (TPSA) is 66.4 Å². The number of sulfone groups is 1. The predicted molar refractivity (Wildman–Crippen MR) is 102 cm³/mol. The van der Waals surface area contributed by atoms with Crippen LogP contribution in [0.15, 0.2) is 12.4 Å². The molecule has 2 aliphatic heterocycles. The van der Waals surface area contributed by atoms with Crippen LogP contribution in [0.25, 0.3) is 0 Å². The predicted octanol–water partition coefficient (Wildman–Crippen LogP) is 1.83. The average Bonchev–Trinajstić information content (AvgIpc) is 2.99. The summed E-state index contributed by atoms with van der Waals surface area (Å²) in [5.41, 5.74) is 1.09. The van der Waals surface area contributed by atoms with Crippen LogP contribution in [0.1, 0.15) is 56.3 Å². The zero-order valence-electron chi connectivity index (χ0n) is 15.7. The van der Waals surface area contributed by atoms with Gasteiger partial charge in [0.25, 0.3) is 0 Å². The molecule has 2 atom stereocenters. The molecule has 0 N–H and O–H groups in total. The van der Waals surface area contributed by atoms with Crippen molar-refractivity contribution in [3.8, 4) is 0 Å². The first-order chi connectivity index (χ1) is 12.6. The van der Waals surface area contributed by atoms with Crippen molar-refractivity contribution in [2.45, 2.75) is 63.6 Å². The van der Waals surface area contributed by atoms with Crippen LogP contribution in [0.2, 0.25) is 0 Å². The highest BCUT2D eigenvalue weighted by Gasteiger charge is 2.45. The van der Waals surface area contributed by atoms with E-state index in [1.807, 2.05) is 12.4 Å². The van der Waals surface area contributed by atoms with Crippen molar-refractivity contribution < 1.29 is 8.42 Å². The summed E-state index contributed by atoms with van der Waals surface area (Å²) in [6, 6.07) is 0.243. The highest BCUT2D eigenvalue weighted by molar-refractivity contribution is 7.91. The second-order valence-corrected chi connectivity index (χ2v) is 10.2. The fraction of sp³-hybridized carbons (Fsp3) is 0.789. The zero-order chi connectivity index (χ0) is 18.1. The molecule has 1 aromatic rings. The largest absolute Gasteiger partial charge is 0.297 e. The third-order valence-electron chi connectivity index (χ3n) is 6.39. The van der Waals surface area contributed by atoms with Crippen molar-refractivity contribution in [3.63, 3.8) is 0 Å². The normalized spacial score (nSPS) is 30.3. The molecule has 1 saturated carbocycles. The molecule has 7 heteroatoms. The molecule has 1 aliphatic carbocycles. The van der Waals surface area contributed by atoms with Crippen LogP contribution in [-0.4, -0.2) is 71.4 Å². The quantitative estimate of drug-likeness (QED) is 0.796. The van der Waals surface area contributed by atoms with Gasteiger partial charge in [-0.05, 0) is 19.4 Å². The van der Waals surface area contributed by atoms with Crippen LogP contribution in [-0.2, 0) is 16.4 Å². The number of aromatic nitrogens is 2. The molecule has 0 radical (unpaired) electrons. The minimum Gasteiger partial charge on any atom is -0.297 e. The van der Waals surface area contributed by atoms with E-state index in [0.29, 0.717) is 11.7 Å². The Bertz CT molecular complexity index is 716. The summed E-state index contributed by atoms with van der Waals surface area (Å²) in [5.74, 6) is 2.11. The van der Waals surface area contributed by atoms with E-state index in [1.165, 1.54) is 32.1 Å². The molecule has 0 aromatic carbocycles. The van der Waals surface area contributed by atoms with Crippen molar-refractivity contribution in [1.29, 1.82) is 0 Å². The SMILES string of the molecule is CCN1CCN(Cc2cnc(C3CCCCC3)nc2)[C@@H]2CS(=O)(=O)C[C@@H]21. The Labute approximate surface area is 156 Å². The molecule has 2 saturated heterocycles. The Kier molecular flexibility index (Phi) is 5.30. The number of fused-ring (bicyclic) bond motifs is 1. The average molecular weight is 379 g/mol. The van der Waals surface area contributed by atoms with Crippen molar-refractivity contribution in [2.24, 2.45) is 0 Å². The lowest BCUT2D eigenvalue weighted by molar-refractivity contribution is 0.0438. The van der Waals surface area contributed by atoms with Gasteiger partial charge in [0.05, 0.1) is 11.5 Å². The van der Waals surface area contributed by atoms with Gasteiger partial charge in [0, 0.05) is 55.6 Å². The van der Waals surface area contributed by atoms with Gasteiger partial charge in [-0.3, -0.25) is 9.80 Å². The zero-order valence-corrected chi connectivity index (χ0v) is 16.5. The summed E-state index contributed by atoms with van der Waals surface area (Å²) in [6.07, 6.45) is 10.2. The summed E-state index contributed by atoms with van der Waals surface area (Å²) in [7, 11) is -2.93. The van der Waals surface area contributed by atoms with E-state index in [1.54, 1.807) is 0 Å². The Balaban J connectivity index is 1.45. The molecule has 3 heterocycles. The van der Waals surface area contributed by atoms with Gasteiger partial charge < -0.3 is 0 Å². The van der Waals surface area contributed by atoms with E-state index >= 15 is 0 Å². The van der Waals surface area contributed by atoms with E-state index < -0.39 is 9.84 Å². The Morgan fingerprint density at radius 1 is 1.00 bits per heavy atom. The minimum absolute atomic E-state index is 0.103. The molecule has 3 fully saturated rings. The summed E-state index contributed by atoms with van der Waals surface area (Å²) in [5, 5.41) is 0. The first kappa shape index (κ1) is 18.3. The second kappa shape index (κ2) is 7.52. The number of rotatable bonds is 4. The number of hydrogen-bond donors (Lipinski definition) is 0. The van der Waals surface area contributed by atoms with Gasteiger partial charge >= 0.3 is 0 Å². The lowest BCUT2D eigenvalue weighted by Gasteiger charge is -2.43. The van der Waals surface area contributed by atoms with Crippen LogP contribution < -0.4 is 0 Å². The van der Waals surface area contributed by atoms with E-state index in [4.69, 9.17) is 0 Å². The molecule has 0 amide bonds. The molecule has 4 rings (SSSR count). The maximum atomic E-state index is 12.2. The fourth-order valence-corrected chi connectivity index (χ4v) is 6.98.